The molecule has 3 aromatic rings. The van der Waals surface area contributed by atoms with Crippen molar-refractivity contribution < 1.29 is 0 Å². The van der Waals surface area contributed by atoms with Gasteiger partial charge in [-0.3, -0.25) is 10.1 Å². The summed E-state index contributed by atoms with van der Waals surface area (Å²) in [6, 6.07) is 6.13. The number of aromatic amines is 1. The van der Waals surface area contributed by atoms with Crippen LogP contribution < -0.4 is 10.2 Å². The summed E-state index contributed by atoms with van der Waals surface area (Å²) in [7, 11) is 0. The molecule has 0 radical (unpaired) electrons. The maximum absolute atomic E-state index is 4.56. The average molecular weight is 307 g/mol. The maximum atomic E-state index is 4.56. The predicted octanol–water partition coefficient (Wildman–Crippen LogP) is 2.18. The van der Waals surface area contributed by atoms with Gasteiger partial charge in [-0.2, -0.15) is 5.10 Å². The van der Waals surface area contributed by atoms with E-state index in [1.54, 1.807) is 0 Å². The summed E-state index contributed by atoms with van der Waals surface area (Å²) >= 11 is 0. The minimum atomic E-state index is 0.668. The van der Waals surface area contributed by atoms with E-state index >= 15 is 0 Å². The molecule has 0 atom stereocenters. The van der Waals surface area contributed by atoms with Gasteiger partial charge in [0, 0.05) is 43.2 Å². The molecule has 0 fully saturated rings. The molecule has 3 aromatic heterocycles. The Hall–Kier alpha value is -2.96. The first-order chi connectivity index (χ1) is 11.3. The Bertz CT molecular complexity index is 796. The molecule has 7 nitrogen and oxygen atoms in total. The third-order valence-electron chi connectivity index (χ3n) is 4.02. The molecular formula is C16H17N7. The number of rotatable bonds is 3. The summed E-state index contributed by atoms with van der Waals surface area (Å²) in [6.45, 7) is 5.07. The monoisotopic (exact) mass is 307 g/mol. The van der Waals surface area contributed by atoms with Crippen LogP contribution in [0.4, 0.5) is 11.5 Å². The molecule has 4 heterocycles. The SMILES string of the molecule is CCN1CCNc2ncc(-c3ccc(-c4ncn[nH]4)nc3)cc21. The van der Waals surface area contributed by atoms with Crippen molar-refractivity contribution in [1.29, 1.82) is 0 Å². The maximum Gasteiger partial charge on any atom is 0.174 e. The van der Waals surface area contributed by atoms with Crippen LogP contribution in [0.25, 0.3) is 22.6 Å². The fourth-order valence-corrected chi connectivity index (χ4v) is 2.78. The highest BCUT2D eigenvalue weighted by molar-refractivity contribution is 5.76. The van der Waals surface area contributed by atoms with E-state index in [4.69, 9.17) is 0 Å². The molecule has 0 aromatic carbocycles. The fraction of sp³-hybridized carbons (Fsp3) is 0.250. The molecule has 23 heavy (non-hydrogen) atoms. The van der Waals surface area contributed by atoms with Gasteiger partial charge in [-0.1, -0.05) is 6.07 Å². The van der Waals surface area contributed by atoms with Gasteiger partial charge in [0.15, 0.2) is 5.82 Å². The van der Waals surface area contributed by atoms with Crippen molar-refractivity contribution in [3.63, 3.8) is 0 Å². The first-order valence-corrected chi connectivity index (χ1v) is 7.66. The van der Waals surface area contributed by atoms with Gasteiger partial charge in [0.05, 0.1) is 5.69 Å². The van der Waals surface area contributed by atoms with Crippen LogP contribution in [0.3, 0.4) is 0 Å². The van der Waals surface area contributed by atoms with Crippen molar-refractivity contribution in [1.82, 2.24) is 25.1 Å². The molecule has 1 aliphatic rings. The Labute approximate surface area is 133 Å². The third-order valence-corrected chi connectivity index (χ3v) is 4.02. The Balaban J connectivity index is 1.68. The molecule has 116 valence electrons. The van der Waals surface area contributed by atoms with Gasteiger partial charge < -0.3 is 10.2 Å². The number of pyridine rings is 2. The van der Waals surface area contributed by atoms with Gasteiger partial charge in [0.2, 0.25) is 0 Å². The van der Waals surface area contributed by atoms with Gasteiger partial charge in [-0.15, -0.1) is 0 Å². The van der Waals surface area contributed by atoms with E-state index in [2.05, 4.69) is 48.4 Å². The molecule has 0 aliphatic carbocycles. The molecule has 4 rings (SSSR count). The van der Waals surface area contributed by atoms with Gasteiger partial charge in [0.25, 0.3) is 0 Å². The molecule has 0 spiro atoms. The Kier molecular flexibility index (Phi) is 3.38. The lowest BCUT2D eigenvalue weighted by Crippen LogP contribution is -2.34. The van der Waals surface area contributed by atoms with Crippen molar-refractivity contribution in [2.75, 3.05) is 29.9 Å². The van der Waals surface area contributed by atoms with E-state index in [0.29, 0.717) is 5.82 Å². The summed E-state index contributed by atoms with van der Waals surface area (Å²) in [4.78, 5) is 15.5. The number of anilines is 2. The standard InChI is InChI=1S/C16H17N7/c1-2-23-6-5-17-16-14(23)7-12(9-19-16)11-3-4-13(18-8-11)15-20-10-21-22-15/h3-4,7-10H,2,5-6H2,1H3,(H,17,19)(H,20,21,22). The van der Waals surface area contributed by atoms with Crippen molar-refractivity contribution in [2.45, 2.75) is 6.92 Å². The summed E-state index contributed by atoms with van der Waals surface area (Å²) in [5.74, 6) is 1.62. The van der Waals surface area contributed by atoms with Crippen LogP contribution in [-0.4, -0.2) is 44.8 Å². The second-order valence-electron chi connectivity index (χ2n) is 5.36. The zero-order valence-corrected chi connectivity index (χ0v) is 12.8. The number of fused-ring (bicyclic) bond motifs is 1. The smallest absolute Gasteiger partial charge is 0.174 e. The lowest BCUT2D eigenvalue weighted by molar-refractivity contribution is 0.807. The lowest BCUT2D eigenvalue weighted by atomic mass is 10.1. The second kappa shape index (κ2) is 5.68. The molecule has 0 amide bonds. The molecule has 0 bridgehead atoms. The first kappa shape index (κ1) is 13.7. The zero-order valence-electron chi connectivity index (χ0n) is 12.8. The number of hydrogen-bond acceptors (Lipinski definition) is 6. The largest absolute Gasteiger partial charge is 0.367 e. The van der Waals surface area contributed by atoms with E-state index in [-0.39, 0.29) is 0 Å². The van der Waals surface area contributed by atoms with Crippen LogP contribution in [0.5, 0.6) is 0 Å². The topological polar surface area (TPSA) is 82.6 Å². The number of likely N-dealkylation sites (N-methyl/N-ethyl adjacent to an activating group) is 1. The van der Waals surface area contributed by atoms with Gasteiger partial charge in [0.1, 0.15) is 17.8 Å². The van der Waals surface area contributed by atoms with E-state index in [1.807, 2.05) is 24.5 Å². The summed E-state index contributed by atoms with van der Waals surface area (Å²) in [5.41, 5.74) is 4.01. The minimum Gasteiger partial charge on any atom is -0.367 e. The molecular weight excluding hydrogens is 290 g/mol. The van der Waals surface area contributed by atoms with Crippen LogP contribution in [0.1, 0.15) is 6.92 Å². The Morgan fingerprint density at radius 2 is 2.04 bits per heavy atom. The Morgan fingerprint density at radius 3 is 2.78 bits per heavy atom. The van der Waals surface area contributed by atoms with E-state index < -0.39 is 0 Å². The highest BCUT2D eigenvalue weighted by atomic mass is 15.2. The minimum absolute atomic E-state index is 0.668. The van der Waals surface area contributed by atoms with Gasteiger partial charge in [-0.25, -0.2) is 9.97 Å². The van der Waals surface area contributed by atoms with Crippen molar-refractivity contribution in [3.05, 3.63) is 36.9 Å². The number of nitrogens with one attached hydrogen (secondary N) is 2. The van der Waals surface area contributed by atoms with Crippen LogP contribution in [0.15, 0.2) is 36.9 Å². The number of nitrogens with zero attached hydrogens (tertiary/aromatic N) is 5. The lowest BCUT2D eigenvalue weighted by Gasteiger charge is -2.30. The van der Waals surface area contributed by atoms with Crippen LogP contribution >= 0.6 is 0 Å². The van der Waals surface area contributed by atoms with Crippen LogP contribution in [-0.2, 0) is 0 Å². The number of H-pyrrole nitrogens is 1. The molecule has 1 aliphatic heterocycles. The predicted molar refractivity (Wildman–Crippen MR) is 89.2 cm³/mol. The van der Waals surface area contributed by atoms with Gasteiger partial charge in [-0.05, 0) is 19.1 Å². The number of aromatic nitrogens is 5. The van der Waals surface area contributed by atoms with Crippen LogP contribution in [0.2, 0.25) is 0 Å². The van der Waals surface area contributed by atoms with Crippen molar-refractivity contribution in [2.24, 2.45) is 0 Å². The van der Waals surface area contributed by atoms with E-state index in [9.17, 15) is 0 Å². The van der Waals surface area contributed by atoms with E-state index in [0.717, 1.165) is 48.0 Å². The van der Waals surface area contributed by atoms with Crippen molar-refractivity contribution in [3.8, 4) is 22.6 Å². The molecule has 0 saturated heterocycles. The van der Waals surface area contributed by atoms with Crippen molar-refractivity contribution >= 4 is 11.5 Å². The summed E-state index contributed by atoms with van der Waals surface area (Å²) < 4.78 is 0. The molecule has 0 unspecified atom stereocenters. The summed E-state index contributed by atoms with van der Waals surface area (Å²) in [5, 5.41) is 10.0. The average Bonchev–Trinajstić information content (AvgIpc) is 3.15. The highest BCUT2D eigenvalue weighted by Gasteiger charge is 2.17. The van der Waals surface area contributed by atoms with Gasteiger partial charge >= 0.3 is 0 Å². The molecule has 0 saturated carbocycles. The summed E-state index contributed by atoms with van der Waals surface area (Å²) in [6.07, 6.45) is 5.20. The van der Waals surface area contributed by atoms with E-state index in [1.165, 1.54) is 6.33 Å². The third kappa shape index (κ3) is 2.50. The fourth-order valence-electron chi connectivity index (χ4n) is 2.78. The first-order valence-electron chi connectivity index (χ1n) is 7.66. The molecule has 7 heteroatoms. The second-order valence-corrected chi connectivity index (χ2v) is 5.36. The van der Waals surface area contributed by atoms with Crippen LogP contribution in [0, 0.1) is 0 Å². The molecule has 2 N–H and O–H groups in total. The quantitative estimate of drug-likeness (QED) is 0.772. The Morgan fingerprint density at radius 1 is 1.13 bits per heavy atom. The normalized spacial score (nSPS) is 13.5. The zero-order chi connectivity index (χ0) is 15.6. The number of hydrogen-bond donors (Lipinski definition) is 2. The highest BCUT2D eigenvalue weighted by Crippen LogP contribution is 2.31.